The number of hydrogen-bond donors (Lipinski definition) is 0. The molecule has 0 spiro atoms. The lowest BCUT2D eigenvalue weighted by Crippen LogP contribution is -1.95. The Morgan fingerprint density at radius 2 is 1.67 bits per heavy atom. The van der Waals surface area contributed by atoms with E-state index in [1.807, 2.05) is 12.1 Å². The molecule has 3 nitrogen and oxygen atoms in total. The molecule has 0 saturated heterocycles. The molecule has 0 bridgehead atoms. The molecule has 1 aromatic carbocycles. The van der Waals surface area contributed by atoms with Gasteiger partial charge in [-0.3, -0.25) is 0 Å². The van der Waals surface area contributed by atoms with E-state index < -0.39 is 0 Å². The monoisotopic (exact) mass is 314 g/mol. The van der Waals surface area contributed by atoms with Crippen LogP contribution in [0.3, 0.4) is 0 Å². The summed E-state index contributed by atoms with van der Waals surface area (Å²) in [6.45, 7) is 0. The minimum Gasteiger partial charge on any atom is -0.493 e. The number of rotatable bonds is 7. The van der Waals surface area contributed by atoms with Crippen molar-refractivity contribution in [3.8, 4) is 17.2 Å². The van der Waals surface area contributed by atoms with E-state index in [0.717, 1.165) is 23.7 Å². The second-order valence-electron chi connectivity index (χ2n) is 3.69. The molecule has 1 aromatic rings. The fraction of sp³-hybridized carbons (Fsp3) is 0.429. The first-order valence-electron chi connectivity index (χ1n) is 5.79. The van der Waals surface area contributed by atoms with Gasteiger partial charge in [0.15, 0.2) is 11.5 Å². The summed E-state index contributed by atoms with van der Waals surface area (Å²) in [4.78, 5) is 0. The minimum absolute atomic E-state index is 0.623. The molecule has 0 aliphatic carbocycles. The van der Waals surface area contributed by atoms with Crippen molar-refractivity contribution in [1.29, 1.82) is 0 Å². The Hall–Kier alpha value is -1.16. The summed E-state index contributed by atoms with van der Waals surface area (Å²) in [5.41, 5.74) is 1.04. The topological polar surface area (TPSA) is 27.7 Å². The lowest BCUT2D eigenvalue weighted by atomic mass is 10.1. The van der Waals surface area contributed by atoms with Gasteiger partial charge >= 0.3 is 0 Å². The first-order valence-corrected chi connectivity index (χ1v) is 6.91. The average Bonchev–Trinajstić information content (AvgIpc) is 2.42. The smallest absolute Gasteiger partial charge is 0.203 e. The number of hydrogen-bond acceptors (Lipinski definition) is 3. The molecule has 0 amide bonds. The number of methoxy groups -OCH3 is 3. The van der Waals surface area contributed by atoms with Crippen LogP contribution in [0.15, 0.2) is 18.2 Å². The zero-order valence-electron chi connectivity index (χ0n) is 11.0. The highest BCUT2D eigenvalue weighted by molar-refractivity contribution is 9.09. The van der Waals surface area contributed by atoms with Crippen LogP contribution in [-0.2, 0) is 0 Å². The average molecular weight is 315 g/mol. The second kappa shape index (κ2) is 8.03. The fourth-order valence-electron chi connectivity index (χ4n) is 1.61. The van der Waals surface area contributed by atoms with E-state index >= 15 is 0 Å². The number of unbranched alkanes of at least 4 members (excludes halogenated alkanes) is 1. The van der Waals surface area contributed by atoms with Gasteiger partial charge in [0.25, 0.3) is 0 Å². The van der Waals surface area contributed by atoms with Crippen molar-refractivity contribution in [2.24, 2.45) is 0 Å². The summed E-state index contributed by atoms with van der Waals surface area (Å²) >= 11 is 3.41. The Balaban J connectivity index is 2.96. The number of allylic oxidation sites excluding steroid dienone is 1. The van der Waals surface area contributed by atoms with E-state index in [4.69, 9.17) is 14.2 Å². The van der Waals surface area contributed by atoms with Gasteiger partial charge in [-0.2, -0.15) is 0 Å². The molecule has 0 fully saturated rings. The van der Waals surface area contributed by atoms with Crippen molar-refractivity contribution in [3.05, 3.63) is 23.8 Å². The predicted octanol–water partition coefficient (Wildman–Crippen LogP) is 3.90. The SMILES string of the molecule is COc1cc(/C=C/CCCBr)cc(OC)c1OC. The highest BCUT2D eigenvalue weighted by Crippen LogP contribution is 2.38. The van der Waals surface area contributed by atoms with E-state index in [1.54, 1.807) is 21.3 Å². The highest BCUT2D eigenvalue weighted by Gasteiger charge is 2.11. The summed E-state index contributed by atoms with van der Waals surface area (Å²) in [5.74, 6) is 1.98. The van der Waals surface area contributed by atoms with Gasteiger partial charge in [0.1, 0.15) is 0 Å². The van der Waals surface area contributed by atoms with Gasteiger partial charge in [-0.15, -0.1) is 0 Å². The van der Waals surface area contributed by atoms with E-state index in [-0.39, 0.29) is 0 Å². The predicted molar refractivity (Wildman–Crippen MR) is 78.2 cm³/mol. The van der Waals surface area contributed by atoms with Crippen LogP contribution in [0.4, 0.5) is 0 Å². The van der Waals surface area contributed by atoms with Crippen LogP contribution in [0.25, 0.3) is 6.08 Å². The van der Waals surface area contributed by atoms with Crippen LogP contribution < -0.4 is 14.2 Å². The largest absolute Gasteiger partial charge is 0.493 e. The van der Waals surface area contributed by atoms with Crippen LogP contribution in [0.1, 0.15) is 18.4 Å². The zero-order valence-corrected chi connectivity index (χ0v) is 12.6. The molecule has 0 aliphatic heterocycles. The summed E-state index contributed by atoms with van der Waals surface area (Å²) in [6, 6.07) is 3.87. The van der Waals surface area contributed by atoms with E-state index in [2.05, 4.69) is 28.1 Å². The van der Waals surface area contributed by atoms with Gasteiger partial charge < -0.3 is 14.2 Å². The molecule has 18 heavy (non-hydrogen) atoms. The Labute approximate surface area is 117 Å². The normalized spacial score (nSPS) is 10.7. The fourth-order valence-corrected chi connectivity index (χ4v) is 1.94. The summed E-state index contributed by atoms with van der Waals surface area (Å²) in [7, 11) is 4.84. The molecule has 0 aliphatic rings. The number of halogens is 1. The van der Waals surface area contributed by atoms with Crippen LogP contribution in [0.5, 0.6) is 17.2 Å². The summed E-state index contributed by atoms with van der Waals surface area (Å²) < 4.78 is 15.9. The third-order valence-electron chi connectivity index (χ3n) is 2.50. The Morgan fingerprint density at radius 3 is 2.11 bits per heavy atom. The van der Waals surface area contributed by atoms with Gasteiger partial charge in [0, 0.05) is 5.33 Å². The van der Waals surface area contributed by atoms with Crippen molar-refractivity contribution in [3.63, 3.8) is 0 Å². The molecule has 0 unspecified atom stereocenters. The number of ether oxygens (including phenoxy) is 3. The number of benzene rings is 1. The van der Waals surface area contributed by atoms with Crippen molar-refractivity contribution < 1.29 is 14.2 Å². The quantitative estimate of drug-likeness (QED) is 0.564. The van der Waals surface area contributed by atoms with Crippen molar-refractivity contribution in [2.75, 3.05) is 26.7 Å². The van der Waals surface area contributed by atoms with Crippen molar-refractivity contribution in [2.45, 2.75) is 12.8 Å². The maximum absolute atomic E-state index is 5.30. The van der Waals surface area contributed by atoms with Crippen LogP contribution >= 0.6 is 15.9 Å². The van der Waals surface area contributed by atoms with Gasteiger partial charge in [-0.25, -0.2) is 0 Å². The maximum Gasteiger partial charge on any atom is 0.203 e. The van der Waals surface area contributed by atoms with Crippen LogP contribution in [-0.4, -0.2) is 26.7 Å². The molecule has 0 N–H and O–H groups in total. The zero-order chi connectivity index (χ0) is 13.4. The molecule has 0 aromatic heterocycles. The minimum atomic E-state index is 0.623. The first-order chi connectivity index (χ1) is 8.76. The van der Waals surface area contributed by atoms with Gasteiger partial charge in [0.05, 0.1) is 21.3 Å². The van der Waals surface area contributed by atoms with Gasteiger partial charge in [0.2, 0.25) is 5.75 Å². The first kappa shape index (κ1) is 14.9. The summed E-state index contributed by atoms with van der Waals surface area (Å²) in [5, 5.41) is 1.02. The Morgan fingerprint density at radius 1 is 1.06 bits per heavy atom. The van der Waals surface area contributed by atoms with Gasteiger partial charge in [-0.1, -0.05) is 28.1 Å². The van der Waals surface area contributed by atoms with Gasteiger partial charge in [-0.05, 0) is 30.5 Å². The van der Waals surface area contributed by atoms with E-state index in [1.165, 1.54) is 0 Å². The highest BCUT2D eigenvalue weighted by atomic mass is 79.9. The van der Waals surface area contributed by atoms with Crippen LogP contribution in [0.2, 0.25) is 0 Å². The standard InChI is InChI=1S/C14H19BrO3/c1-16-12-9-11(7-5-4-6-8-15)10-13(17-2)14(12)18-3/h5,7,9-10H,4,6,8H2,1-3H3/b7-5+. The molecular formula is C14H19BrO3. The number of alkyl halides is 1. The molecule has 4 heteroatoms. The van der Waals surface area contributed by atoms with E-state index in [9.17, 15) is 0 Å². The lowest BCUT2D eigenvalue weighted by Gasteiger charge is -2.12. The van der Waals surface area contributed by atoms with Crippen molar-refractivity contribution >= 4 is 22.0 Å². The lowest BCUT2D eigenvalue weighted by molar-refractivity contribution is 0.324. The summed E-state index contributed by atoms with van der Waals surface area (Å²) in [6.07, 6.45) is 6.37. The van der Waals surface area contributed by atoms with Crippen LogP contribution in [0, 0.1) is 0 Å². The Bertz CT molecular complexity index is 377. The Kier molecular flexibility index (Phi) is 6.65. The molecular weight excluding hydrogens is 296 g/mol. The van der Waals surface area contributed by atoms with E-state index in [0.29, 0.717) is 17.2 Å². The molecule has 1 rings (SSSR count). The molecule has 0 heterocycles. The molecule has 0 radical (unpaired) electrons. The molecule has 0 atom stereocenters. The second-order valence-corrected chi connectivity index (χ2v) is 4.49. The maximum atomic E-state index is 5.30. The molecule has 0 saturated carbocycles. The third kappa shape index (κ3) is 3.95. The third-order valence-corrected chi connectivity index (χ3v) is 3.06. The molecule has 100 valence electrons. The van der Waals surface area contributed by atoms with Crippen molar-refractivity contribution in [1.82, 2.24) is 0 Å².